The number of rotatable bonds is 3. The van der Waals surface area contributed by atoms with Crippen LogP contribution in [0, 0.1) is 5.92 Å². The van der Waals surface area contributed by atoms with E-state index in [-0.39, 0.29) is 23.8 Å². The lowest BCUT2D eigenvalue weighted by atomic mass is 9.85. The Morgan fingerprint density at radius 1 is 1.26 bits per heavy atom. The van der Waals surface area contributed by atoms with Gasteiger partial charge in [0.1, 0.15) is 0 Å². The number of nitrogens with one attached hydrogen (secondary N) is 2. The van der Waals surface area contributed by atoms with Crippen LogP contribution in [0.25, 0.3) is 10.9 Å². The van der Waals surface area contributed by atoms with Crippen molar-refractivity contribution in [3.8, 4) is 0 Å². The van der Waals surface area contributed by atoms with E-state index in [1.807, 2.05) is 24.3 Å². The van der Waals surface area contributed by atoms with Crippen LogP contribution in [0.4, 0.5) is 0 Å². The lowest BCUT2D eigenvalue weighted by Gasteiger charge is -2.30. The minimum atomic E-state index is -0.176. The number of carbonyl (C=O) groups is 2. The van der Waals surface area contributed by atoms with Gasteiger partial charge >= 0.3 is 0 Å². The van der Waals surface area contributed by atoms with Gasteiger partial charge in [-0.1, -0.05) is 24.6 Å². The van der Waals surface area contributed by atoms with Crippen LogP contribution in [0.2, 0.25) is 0 Å². The van der Waals surface area contributed by atoms with E-state index in [0.717, 1.165) is 30.2 Å². The highest BCUT2D eigenvalue weighted by molar-refractivity contribution is 6.04. The van der Waals surface area contributed by atoms with Crippen LogP contribution < -0.4 is 5.32 Å². The van der Waals surface area contributed by atoms with Crippen molar-refractivity contribution >= 4 is 22.7 Å². The Hall–Kier alpha value is -2.37. The fraction of sp³-hybridized carbons (Fsp3) is 0.471. The molecule has 1 aliphatic rings. The summed E-state index contributed by atoms with van der Waals surface area (Å²) in [7, 11) is 3.56. The Balaban J connectivity index is 1.69. The quantitative estimate of drug-likeness (QED) is 0.909. The second-order valence-electron chi connectivity index (χ2n) is 6.38. The fourth-order valence-electron chi connectivity index (χ4n) is 3.30. The zero-order chi connectivity index (χ0) is 16.4. The highest BCUT2D eigenvalue weighted by Crippen LogP contribution is 2.26. The molecule has 1 saturated carbocycles. The van der Waals surface area contributed by atoms with E-state index < -0.39 is 0 Å². The van der Waals surface area contributed by atoms with Gasteiger partial charge in [-0.05, 0) is 25.3 Å². The Morgan fingerprint density at radius 3 is 2.83 bits per heavy atom. The molecule has 3 rings (SSSR count). The van der Waals surface area contributed by atoms with Crippen molar-refractivity contribution in [1.82, 2.24) is 20.4 Å². The molecule has 2 amide bonds. The van der Waals surface area contributed by atoms with Gasteiger partial charge in [-0.3, -0.25) is 14.7 Å². The Labute approximate surface area is 135 Å². The summed E-state index contributed by atoms with van der Waals surface area (Å²) < 4.78 is 0. The number of hydrogen-bond acceptors (Lipinski definition) is 3. The third-order valence-electron chi connectivity index (χ3n) is 4.48. The molecule has 2 aromatic rings. The van der Waals surface area contributed by atoms with E-state index in [1.165, 1.54) is 0 Å². The third kappa shape index (κ3) is 3.21. The van der Waals surface area contributed by atoms with Gasteiger partial charge in [0.25, 0.3) is 5.91 Å². The maximum Gasteiger partial charge on any atom is 0.272 e. The largest absolute Gasteiger partial charge is 0.349 e. The number of hydrogen-bond donors (Lipinski definition) is 2. The molecule has 1 aliphatic carbocycles. The summed E-state index contributed by atoms with van der Waals surface area (Å²) in [6.07, 6.45) is 3.46. The summed E-state index contributed by atoms with van der Waals surface area (Å²) >= 11 is 0. The van der Waals surface area contributed by atoms with Crippen molar-refractivity contribution in [2.24, 2.45) is 5.92 Å². The molecule has 6 heteroatoms. The van der Waals surface area contributed by atoms with Crippen molar-refractivity contribution in [3.05, 3.63) is 30.0 Å². The van der Waals surface area contributed by atoms with E-state index in [2.05, 4.69) is 15.5 Å². The fourth-order valence-corrected chi connectivity index (χ4v) is 3.30. The molecule has 1 heterocycles. The van der Waals surface area contributed by atoms with Gasteiger partial charge in [-0.2, -0.15) is 5.10 Å². The molecule has 0 aliphatic heterocycles. The van der Waals surface area contributed by atoms with Crippen molar-refractivity contribution in [1.29, 1.82) is 0 Å². The molecule has 1 aromatic heterocycles. The zero-order valence-corrected chi connectivity index (χ0v) is 13.5. The summed E-state index contributed by atoms with van der Waals surface area (Å²) in [5, 5.41) is 10.9. The lowest BCUT2D eigenvalue weighted by Crippen LogP contribution is -2.42. The molecule has 0 spiro atoms. The first-order chi connectivity index (χ1) is 11.1. The monoisotopic (exact) mass is 314 g/mol. The van der Waals surface area contributed by atoms with Crippen LogP contribution in [0.5, 0.6) is 0 Å². The average molecular weight is 314 g/mol. The minimum Gasteiger partial charge on any atom is -0.349 e. The predicted molar refractivity (Wildman–Crippen MR) is 88.0 cm³/mol. The third-order valence-corrected chi connectivity index (χ3v) is 4.48. The Morgan fingerprint density at radius 2 is 2.04 bits per heavy atom. The number of carbonyl (C=O) groups excluding carboxylic acids is 2. The molecule has 2 N–H and O–H groups in total. The second kappa shape index (κ2) is 6.40. The van der Waals surface area contributed by atoms with E-state index in [9.17, 15) is 9.59 Å². The van der Waals surface area contributed by atoms with Crippen molar-refractivity contribution in [3.63, 3.8) is 0 Å². The number of H-pyrrole nitrogens is 1. The topological polar surface area (TPSA) is 78.1 Å². The van der Waals surface area contributed by atoms with Gasteiger partial charge in [0.2, 0.25) is 5.91 Å². The molecule has 0 radical (unpaired) electrons. The minimum absolute atomic E-state index is 0.0000203. The maximum absolute atomic E-state index is 12.5. The number of fused-ring (bicyclic) bond motifs is 1. The van der Waals surface area contributed by atoms with Gasteiger partial charge in [0.15, 0.2) is 5.69 Å². The second-order valence-corrected chi connectivity index (χ2v) is 6.38. The summed E-state index contributed by atoms with van der Waals surface area (Å²) in [5.74, 6) is -0.0282. The van der Waals surface area contributed by atoms with E-state index in [4.69, 9.17) is 0 Å². The molecule has 1 aromatic carbocycles. The number of nitrogens with zero attached hydrogens (tertiary/aromatic N) is 2. The summed E-state index contributed by atoms with van der Waals surface area (Å²) in [4.78, 5) is 26.3. The zero-order valence-electron chi connectivity index (χ0n) is 13.5. The molecular formula is C17H22N4O2. The van der Waals surface area contributed by atoms with E-state index in [0.29, 0.717) is 12.1 Å². The molecule has 6 nitrogen and oxygen atoms in total. The highest BCUT2D eigenvalue weighted by Gasteiger charge is 2.29. The van der Waals surface area contributed by atoms with Gasteiger partial charge < -0.3 is 10.2 Å². The van der Waals surface area contributed by atoms with Crippen LogP contribution in [-0.2, 0) is 4.79 Å². The molecule has 2 atom stereocenters. The first-order valence-corrected chi connectivity index (χ1v) is 8.01. The van der Waals surface area contributed by atoms with Crippen molar-refractivity contribution in [2.45, 2.75) is 31.7 Å². The van der Waals surface area contributed by atoms with Crippen LogP contribution in [-0.4, -0.2) is 47.0 Å². The van der Waals surface area contributed by atoms with Gasteiger partial charge in [-0.25, -0.2) is 0 Å². The van der Waals surface area contributed by atoms with Crippen molar-refractivity contribution < 1.29 is 9.59 Å². The number of aromatic nitrogens is 2. The average Bonchev–Trinajstić information content (AvgIpc) is 2.98. The number of para-hydroxylation sites is 1. The first kappa shape index (κ1) is 15.5. The molecule has 0 saturated heterocycles. The van der Waals surface area contributed by atoms with Crippen LogP contribution in [0.3, 0.4) is 0 Å². The summed E-state index contributed by atoms with van der Waals surface area (Å²) in [6, 6.07) is 7.60. The van der Waals surface area contributed by atoms with Gasteiger partial charge in [0, 0.05) is 31.4 Å². The summed E-state index contributed by atoms with van der Waals surface area (Å²) in [6.45, 7) is 0. The predicted octanol–water partition coefficient (Wildman–Crippen LogP) is 1.94. The van der Waals surface area contributed by atoms with Gasteiger partial charge in [-0.15, -0.1) is 0 Å². The number of benzene rings is 1. The van der Waals surface area contributed by atoms with Crippen LogP contribution in [0.1, 0.15) is 36.2 Å². The van der Waals surface area contributed by atoms with E-state index in [1.54, 1.807) is 19.0 Å². The number of aromatic amines is 1. The van der Waals surface area contributed by atoms with Crippen LogP contribution in [0.15, 0.2) is 24.3 Å². The summed E-state index contributed by atoms with van der Waals surface area (Å²) in [5.41, 5.74) is 1.27. The number of amides is 2. The van der Waals surface area contributed by atoms with Gasteiger partial charge in [0.05, 0.1) is 5.52 Å². The Bertz CT molecular complexity index is 722. The lowest BCUT2D eigenvalue weighted by molar-refractivity contribution is -0.134. The standard InChI is InChI=1S/C17H22N4O2/c1-21(2)17(23)11-6-5-7-12(10-11)18-16(22)15-13-8-3-4-9-14(13)19-20-15/h3-4,8-9,11-12H,5-7,10H2,1-2H3,(H,18,22)(H,19,20). The highest BCUT2D eigenvalue weighted by atomic mass is 16.2. The molecule has 23 heavy (non-hydrogen) atoms. The molecule has 2 unspecified atom stereocenters. The SMILES string of the molecule is CN(C)C(=O)C1CCCC(NC(=O)c2n[nH]c3ccccc23)C1. The first-order valence-electron chi connectivity index (χ1n) is 8.01. The maximum atomic E-state index is 12.5. The Kier molecular flexibility index (Phi) is 4.32. The van der Waals surface area contributed by atoms with Crippen molar-refractivity contribution in [2.75, 3.05) is 14.1 Å². The normalized spacial score (nSPS) is 21.1. The molecule has 1 fully saturated rings. The molecule has 122 valence electrons. The molecular weight excluding hydrogens is 292 g/mol. The molecule has 0 bridgehead atoms. The smallest absolute Gasteiger partial charge is 0.272 e. The van der Waals surface area contributed by atoms with Crippen LogP contribution >= 0.6 is 0 Å². The van der Waals surface area contributed by atoms with E-state index >= 15 is 0 Å².